The maximum Gasteiger partial charge on any atom is 0.169 e. The molecule has 0 bridgehead atoms. The van der Waals surface area contributed by atoms with Crippen molar-refractivity contribution in [2.24, 2.45) is 0 Å². The molecule has 1 atom stereocenters. The van der Waals surface area contributed by atoms with Crippen LogP contribution < -0.4 is 14.5 Å². The highest BCUT2D eigenvalue weighted by molar-refractivity contribution is 7.84. The summed E-state index contributed by atoms with van der Waals surface area (Å²) in [5.41, 5.74) is 3.41. The maximum absolute atomic E-state index is 15.4. The van der Waals surface area contributed by atoms with Gasteiger partial charge < -0.3 is 24.2 Å². The van der Waals surface area contributed by atoms with Crippen LogP contribution in [0.4, 0.5) is 15.8 Å². The van der Waals surface area contributed by atoms with Gasteiger partial charge in [0.15, 0.2) is 16.7 Å². The zero-order valence-electron chi connectivity index (χ0n) is 16.9. The number of hydrogen-bond donors (Lipinski definition) is 1. The Morgan fingerprint density at radius 1 is 1.24 bits per heavy atom. The summed E-state index contributed by atoms with van der Waals surface area (Å²) >= 11 is 4.09. The molecule has 7 heteroatoms. The first-order chi connectivity index (χ1) is 13.8. The zero-order valence-corrected chi connectivity index (χ0v) is 17.8. The van der Waals surface area contributed by atoms with E-state index in [-0.39, 0.29) is 17.0 Å². The molecule has 3 heterocycles. The minimum atomic E-state index is -0.301. The van der Waals surface area contributed by atoms with Crippen LogP contribution in [0.25, 0.3) is 5.57 Å². The molecule has 154 valence electrons. The fourth-order valence-electron chi connectivity index (χ4n) is 4.05. The largest absolute Gasteiger partial charge is 0.487 e. The van der Waals surface area contributed by atoms with Crippen LogP contribution in [-0.2, 0) is 4.74 Å². The van der Waals surface area contributed by atoms with Crippen LogP contribution in [0.1, 0.15) is 12.5 Å². The number of benzene rings is 1. The molecule has 1 saturated heterocycles. The fraction of sp³-hybridized carbons (Fsp3) is 0.364. The van der Waals surface area contributed by atoms with Crippen molar-refractivity contribution in [3.05, 3.63) is 59.8 Å². The van der Waals surface area contributed by atoms with Crippen molar-refractivity contribution in [3.8, 4) is 5.75 Å². The van der Waals surface area contributed by atoms with Gasteiger partial charge in [-0.15, -0.1) is 12.6 Å². The Balaban J connectivity index is 1.81. The number of allylic oxidation sites excluding steroid dienone is 1. The van der Waals surface area contributed by atoms with Gasteiger partial charge in [0.2, 0.25) is 0 Å². The molecule has 5 nitrogen and oxygen atoms in total. The number of rotatable bonds is 4. The molecule has 1 aromatic carbocycles. The molecule has 0 N–H and O–H groups in total. The molecular formula is C22H26FN3O2S. The van der Waals surface area contributed by atoms with Crippen LogP contribution >= 0.6 is 12.6 Å². The molecule has 0 radical (unpaired) electrons. The van der Waals surface area contributed by atoms with Crippen molar-refractivity contribution in [1.29, 1.82) is 0 Å². The Labute approximate surface area is 176 Å². The third-order valence-corrected chi connectivity index (χ3v) is 5.76. The lowest BCUT2D eigenvalue weighted by atomic mass is 9.90. The monoisotopic (exact) mass is 415 g/mol. The third-order valence-electron chi connectivity index (χ3n) is 5.66. The van der Waals surface area contributed by atoms with E-state index >= 15 is 4.39 Å². The van der Waals surface area contributed by atoms with E-state index in [1.165, 1.54) is 0 Å². The van der Waals surface area contributed by atoms with E-state index in [1.54, 1.807) is 6.07 Å². The molecule has 0 aliphatic carbocycles. The fourth-order valence-corrected chi connectivity index (χ4v) is 4.16. The zero-order chi connectivity index (χ0) is 20.9. The molecule has 0 amide bonds. The normalized spacial score (nSPS) is 21.3. The van der Waals surface area contributed by atoms with Gasteiger partial charge in [0.25, 0.3) is 0 Å². The van der Waals surface area contributed by atoms with E-state index in [9.17, 15) is 0 Å². The van der Waals surface area contributed by atoms with Gasteiger partial charge in [0.05, 0.1) is 11.7 Å². The van der Waals surface area contributed by atoms with E-state index in [2.05, 4.69) is 61.0 Å². The summed E-state index contributed by atoms with van der Waals surface area (Å²) in [5.74, 6) is 0.666. The number of likely N-dealkylation sites (N-methyl/N-ethyl adjacent to an activating group) is 1. The van der Waals surface area contributed by atoms with Crippen LogP contribution in [0.2, 0.25) is 0 Å². The van der Waals surface area contributed by atoms with Crippen molar-refractivity contribution in [2.45, 2.75) is 13.0 Å². The van der Waals surface area contributed by atoms with Gasteiger partial charge >= 0.3 is 0 Å². The molecule has 0 aromatic heterocycles. The minimum Gasteiger partial charge on any atom is -0.487 e. The van der Waals surface area contributed by atoms with E-state index in [0.29, 0.717) is 40.5 Å². The predicted octanol–water partition coefficient (Wildman–Crippen LogP) is 4.01. The van der Waals surface area contributed by atoms with Gasteiger partial charge in [-0.3, -0.25) is 0 Å². The van der Waals surface area contributed by atoms with Crippen LogP contribution in [0.15, 0.2) is 48.4 Å². The first-order valence-electron chi connectivity index (χ1n) is 9.65. The summed E-state index contributed by atoms with van der Waals surface area (Å²) in [6, 6.07) is 1.63. The maximum atomic E-state index is 15.4. The number of piperazine rings is 1. The first kappa shape index (κ1) is 19.9. The number of ether oxygens (including phenoxy) is 2. The number of nitrogens with zero attached hydrogens (tertiary/aromatic N) is 3. The number of thiol groups is 1. The summed E-state index contributed by atoms with van der Waals surface area (Å²) in [6.07, 6.45) is 1.95. The van der Waals surface area contributed by atoms with E-state index in [1.807, 2.05) is 6.20 Å². The topological polar surface area (TPSA) is 28.2 Å². The molecule has 29 heavy (non-hydrogen) atoms. The van der Waals surface area contributed by atoms with Crippen molar-refractivity contribution < 1.29 is 13.9 Å². The number of anilines is 2. The lowest BCUT2D eigenvalue weighted by Crippen LogP contribution is -2.46. The molecule has 3 aliphatic heterocycles. The van der Waals surface area contributed by atoms with E-state index in [4.69, 9.17) is 9.47 Å². The average molecular weight is 416 g/mol. The molecule has 0 saturated carbocycles. The molecular weight excluding hydrogens is 389 g/mol. The van der Waals surface area contributed by atoms with Gasteiger partial charge in [0.1, 0.15) is 18.1 Å². The first-order valence-corrected chi connectivity index (χ1v) is 10.1. The Morgan fingerprint density at radius 2 is 1.93 bits per heavy atom. The smallest absolute Gasteiger partial charge is 0.169 e. The van der Waals surface area contributed by atoms with Gasteiger partial charge in [0, 0.05) is 43.5 Å². The second-order valence-corrected chi connectivity index (χ2v) is 8.23. The van der Waals surface area contributed by atoms with Crippen LogP contribution in [0.5, 0.6) is 5.75 Å². The molecule has 1 aromatic rings. The van der Waals surface area contributed by atoms with Crippen LogP contribution in [0, 0.1) is 5.82 Å². The Bertz CT molecular complexity index is 934. The second kappa shape index (κ2) is 7.46. The summed E-state index contributed by atoms with van der Waals surface area (Å²) in [7, 11) is 2.08. The Hall–Kier alpha value is -2.38. The molecule has 0 spiro atoms. The average Bonchev–Trinajstić information content (AvgIpc) is 2.66. The molecule has 1 fully saturated rings. The molecule has 3 aliphatic rings. The van der Waals surface area contributed by atoms with Gasteiger partial charge in [-0.1, -0.05) is 13.2 Å². The number of halogens is 1. The quantitative estimate of drug-likeness (QED) is 0.593. The summed E-state index contributed by atoms with van der Waals surface area (Å²) in [4.78, 5) is 6.42. The molecule has 0 unspecified atom stereocenters. The van der Waals surface area contributed by atoms with Crippen molar-refractivity contribution in [2.75, 3.05) is 49.6 Å². The van der Waals surface area contributed by atoms with Gasteiger partial charge in [-0.2, -0.15) is 0 Å². The predicted molar refractivity (Wildman–Crippen MR) is 119 cm³/mol. The standard InChI is InChI=1S/C22H26FN3O2S/c1-13-12-27-22-20-17(10-19(23)21(22)25-8-6-24(5)7-9-25)14(2)18(11-26(13)20)15(3)28-16(4)29/h10-11,13,29H,2-4,6-9,12H2,1,5H3/t13-/m0/s1. The summed E-state index contributed by atoms with van der Waals surface area (Å²) in [5, 5.41) is 0.238. The van der Waals surface area contributed by atoms with Crippen LogP contribution in [0.3, 0.4) is 0 Å². The van der Waals surface area contributed by atoms with E-state index in [0.717, 1.165) is 31.9 Å². The summed E-state index contributed by atoms with van der Waals surface area (Å²) < 4.78 is 27.0. The van der Waals surface area contributed by atoms with E-state index < -0.39 is 0 Å². The minimum absolute atomic E-state index is 0.0714. The van der Waals surface area contributed by atoms with Crippen LogP contribution in [-0.4, -0.2) is 50.8 Å². The van der Waals surface area contributed by atoms with Crippen molar-refractivity contribution in [1.82, 2.24) is 4.90 Å². The summed E-state index contributed by atoms with van der Waals surface area (Å²) in [6.45, 7) is 17.6. The highest BCUT2D eigenvalue weighted by atomic mass is 32.1. The molecule has 4 rings (SSSR count). The van der Waals surface area contributed by atoms with Gasteiger partial charge in [-0.25, -0.2) is 4.39 Å². The third kappa shape index (κ3) is 3.42. The SMILES string of the molecule is C=C(S)OC(=C)C1=CN2c3c(cc(F)c(N4CCN(C)CC4)c3OC[C@@H]2C)C1=C. The number of hydrogen-bond acceptors (Lipinski definition) is 6. The highest BCUT2D eigenvalue weighted by Crippen LogP contribution is 2.52. The Kier molecular flexibility index (Phi) is 5.12. The van der Waals surface area contributed by atoms with Crippen molar-refractivity contribution >= 4 is 29.6 Å². The lowest BCUT2D eigenvalue weighted by Gasteiger charge is -2.42. The second-order valence-electron chi connectivity index (χ2n) is 7.73. The highest BCUT2D eigenvalue weighted by Gasteiger charge is 2.37. The van der Waals surface area contributed by atoms with Gasteiger partial charge in [-0.05, 0) is 32.2 Å². The Morgan fingerprint density at radius 3 is 2.59 bits per heavy atom. The lowest BCUT2D eigenvalue weighted by molar-refractivity contribution is 0.272. The van der Waals surface area contributed by atoms with Crippen molar-refractivity contribution in [3.63, 3.8) is 0 Å².